The quantitative estimate of drug-likeness (QED) is 0.0731. The van der Waals surface area contributed by atoms with Gasteiger partial charge in [0.1, 0.15) is 42.5 Å². The van der Waals surface area contributed by atoms with E-state index < -0.39 is 23.4 Å². The van der Waals surface area contributed by atoms with E-state index in [1.165, 1.54) is 7.11 Å². The van der Waals surface area contributed by atoms with Crippen LogP contribution >= 0.6 is 11.3 Å². The maximum Gasteiger partial charge on any atom is 0.251 e. The molecule has 0 unspecified atom stereocenters. The number of rotatable bonds is 17. The molecule has 3 atom stereocenters. The van der Waals surface area contributed by atoms with Gasteiger partial charge in [-0.3, -0.25) is 23.7 Å². The van der Waals surface area contributed by atoms with Crippen molar-refractivity contribution in [2.24, 2.45) is 5.41 Å². The van der Waals surface area contributed by atoms with Gasteiger partial charge in [-0.2, -0.15) is 10.2 Å². The zero-order valence-corrected chi connectivity index (χ0v) is 40.8. The average Bonchev–Trinajstić information content (AvgIpc) is 4.20. The highest BCUT2D eigenvalue weighted by Gasteiger charge is 2.42. The number of thiazole rings is 1. The molecule has 69 heavy (non-hydrogen) atoms. The second-order valence-corrected chi connectivity index (χ2v) is 19.6. The largest absolute Gasteiger partial charge is 0.495 e. The first-order valence-electron chi connectivity index (χ1n) is 23.6. The first-order valence-corrected chi connectivity index (χ1v) is 24.5. The van der Waals surface area contributed by atoms with Gasteiger partial charge in [0.15, 0.2) is 11.5 Å². The Kier molecular flexibility index (Phi) is 14.9. The second-order valence-electron chi connectivity index (χ2n) is 18.7. The zero-order chi connectivity index (χ0) is 48.8. The standard InChI is InChI=1S/C50H60N12O6S/c1-7-37-42-36(24-51)55-28-61(42)39-26-54-49(59-45(39)62(37)34-11-8-9-12-34)57-35-19-18-33(23-40(35)67-6)46(64)52-20-22-68-27-41(63)58-44(50(3,4)5)48(66)60-21-10-13-38(60)47(65)53-25-31-14-16-32(17-15-31)43-30(2)56-29-69-43/h14-19,23,26,28-29,34,37-38,44H,7-13,20-22,25,27H2,1-6H3,(H,52,64)(H,53,65)(H,58,63)(H,54,57,59)/t37-,38+,44-/m1/s1. The van der Waals surface area contributed by atoms with Crippen LogP contribution in [0.25, 0.3) is 16.1 Å². The lowest BCUT2D eigenvalue weighted by atomic mass is 9.85. The summed E-state index contributed by atoms with van der Waals surface area (Å²) in [5.74, 6) is 0.112. The van der Waals surface area contributed by atoms with Gasteiger partial charge in [0, 0.05) is 31.2 Å². The maximum atomic E-state index is 14.0. The minimum atomic E-state index is -0.903. The highest BCUT2D eigenvalue weighted by Crippen LogP contribution is 2.45. The number of amides is 4. The normalized spacial score (nSPS) is 17.1. The van der Waals surface area contributed by atoms with Crippen LogP contribution in [-0.2, 0) is 25.7 Å². The number of hydrogen-bond donors (Lipinski definition) is 4. The molecule has 1 aliphatic carbocycles. The van der Waals surface area contributed by atoms with Gasteiger partial charge < -0.3 is 40.5 Å². The van der Waals surface area contributed by atoms with Crippen molar-refractivity contribution in [3.8, 4) is 27.9 Å². The number of likely N-dealkylation sites (tertiary alicyclic amines) is 1. The molecule has 3 aromatic heterocycles. The molecule has 19 heteroatoms. The third kappa shape index (κ3) is 10.6. The Labute approximate surface area is 406 Å². The summed E-state index contributed by atoms with van der Waals surface area (Å²) in [6, 6.07) is 13.9. The SMILES string of the molecule is CC[C@@H]1c2c(C#N)ncn2-c2cnc(Nc3ccc(C(=O)NCCOCC(=O)N[C@H](C(=O)N4CCC[C@H]4C(=O)NCc4ccc(-c5scnc5C)cc4)C(C)(C)C)cc3OC)nc2N1C1CCCC1. The van der Waals surface area contributed by atoms with Crippen molar-refractivity contribution < 1.29 is 28.7 Å². The molecule has 2 fully saturated rings. The lowest BCUT2D eigenvalue weighted by Crippen LogP contribution is -2.58. The van der Waals surface area contributed by atoms with Gasteiger partial charge in [-0.05, 0) is 73.8 Å². The van der Waals surface area contributed by atoms with Crippen LogP contribution in [0.1, 0.15) is 112 Å². The summed E-state index contributed by atoms with van der Waals surface area (Å²) in [6.45, 7) is 10.2. The number of ether oxygens (including phenoxy) is 2. The molecule has 0 spiro atoms. The molecule has 5 aromatic rings. The van der Waals surface area contributed by atoms with Crippen LogP contribution in [-0.4, -0.2) is 105 Å². The molecule has 4 amide bonds. The number of fused-ring (bicyclic) bond motifs is 3. The molecule has 0 radical (unpaired) electrons. The maximum absolute atomic E-state index is 14.0. The molecule has 18 nitrogen and oxygen atoms in total. The molecule has 3 aliphatic rings. The molecule has 2 aromatic carbocycles. The van der Waals surface area contributed by atoms with Crippen LogP contribution in [0.15, 0.2) is 60.5 Å². The number of aryl methyl sites for hydroxylation is 1. The van der Waals surface area contributed by atoms with Crippen LogP contribution in [0.3, 0.4) is 0 Å². The molecule has 0 bridgehead atoms. The first-order chi connectivity index (χ1) is 33.3. The summed E-state index contributed by atoms with van der Waals surface area (Å²) in [7, 11) is 1.52. The number of benzene rings is 2. The van der Waals surface area contributed by atoms with E-state index in [9.17, 15) is 24.4 Å². The summed E-state index contributed by atoms with van der Waals surface area (Å²) in [6.07, 6.45) is 9.73. The predicted octanol–water partition coefficient (Wildman–Crippen LogP) is 6.52. The van der Waals surface area contributed by atoms with Gasteiger partial charge in [0.25, 0.3) is 5.91 Å². The molecule has 1 saturated carbocycles. The fourth-order valence-electron chi connectivity index (χ4n) is 9.56. The van der Waals surface area contributed by atoms with E-state index in [1.807, 2.05) is 62.0 Å². The van der Waals surface area contributed by atoms with Crippen molar-refractivity contribution in [2.75, 3.05) is 43.6 Å². The number of imidazole rings is 1. The lowest BCUT2D eigenvalue weighted by molar-refractivity contribution is -0.144. The third-order valence-corrected chi connectivity index (χ3v) is 14.1. The summed E-state index contributed by atoms with van der Waals surface area (Å²) in [5.41, 5.74) is 7.10. The number of methoxy groups -OCH3 is 1. The molecule has 362 valence electrons. The molecular formula is C50H60N12O6S. The number of aromatic nitrogens is 5. The van der Waals surface area contributed by atoms with E-state index in [1.54, 1.807) is 47.0 Å². The number of anilines is 3. The minimum Gasteiger partial charge on any atom is -0.495 e. The Morgan fingerprint density at radius 1 is 1.00 bits per heavy atom. The minimum absolute atomic E-state index is 0.0386. The molecule has 8 rings (SSSR count). The number of carbonyl (C=O) groups is 4. The smallest absolute Gasteiger partial charge is 0.251 e. The van der Waals surface area contributed by atoms with Crippen molar-refractivity contribution >= 4 is 52.4 Å². The second kappa shape index (κ2) is 21.2. The summed E-state index contributed by atoms with van der Waals surface area (Å²) in [5, 5.41) is 21.8. The van der Waals surface area contributed by atoms with Crippen LogP contribution in [0.2, 0.25) is 0 Å². The van der Waals surface area contributed by atoms with Crippen molar-refractivity contribution in [3.05, 3.63) is 88.7 Å². The van der Waals surface area contributed by atoms with Gasteiger partial charge >= 0.3 is 0 Å². The van der Waals surface area contributed by atoms with Gasteiger partial charge in [-0.25, -0.2) is 15.0 Å². The van der Waals surface area contributed by atoms with E-state index in [2.05, 4.69) is 54.1 Å². The number of nitrogens with zero attached hydrogens (tertiary/aromatic N) is 8. The van der Waals surface area contributed by atoms with Crippen LogP contribution < -0.4 is 30.9 Å². The number of nitrogens with one attached hydrogen (secondary N) is 4. The van der Waals surface area contributed by atoms with E-state index in [4.69, 9.17) is 14.5 Å². The van der Waals surface area contributed by atoms with Gasteiger partial charge in [0.2, 0.25) is 23.7 Å². The van der Waals surface area contributed by atoms with Crippen molar-refractivity contribution in [3.63, 3.8) is 0 Å². The highest BCUT2D eigenvalue weighted by atomic mass is 32.1. The predicted molar refractivity (Wildman–Crippen MR) is 261 cm³/mol. The van der Waals surface area contributed by atoms with Gasteiger partial charge in [-0.15, -0.1) is 11.3 Å². The van der Waals surface area contributed by atoms with Crippen LogP contribution in [0.4, 0.5) is 17.5 Å². The monoisotopic (exact) mass is 956 g/mol. The Balaban J connectivity index is 0.818. The number of hydrogen-bond acceptors (Lipinski definition) is 14. The molecular weight excluding hydrogens is 897 g/mol. The Morgan fingerprint density at radius 3 is 2.48 bits per heavy atom. The summed E-state index contributed by atoms with van der Waals surface area (Å²) in [4.78, 5) is 77.3. The van der Waals surface area contributed by atoms with Crippen LogP contribution in [0.5, 0.6) is 5.75 Å². The Bertz CT molecular complexity index is 2720. The molecule has 4 N–H and O–H groups in total. The average molecular weight is 957 g/mol. The number of carbonyl (C=O) groups excluding carboxylic acids is 4. The van der Waals surface area contributed by atoms with Gasteiger partial charge in [-0.1, -0.05) is 64.8 Å². The topological polar surface area (TPSA) is 222 Å². The van der Waals surface area contributed by atoms with E-state index >= 15 is 0 Å². The van der Waals surface area contributed by atoms with E-state index in [-0.39, 0.29) is 49.6 Å². The van der Waals surface area contributed by atoms with Gasteiger partial charge in [0.05, 0.1) is 53.4 Å². The van der Waals surface area contributed by atoms with Crippen LogP contribution in [0, 0.1) is 23.7 Å². The highest BCUT2D eigenvalue weighted by molar-refractivity contribution is 7.13. The Morgan fingerprint density at radius 2 is 1.78 bits per heavy atom. The first kappa shape index (κ1) is 48.5. The molecule has 2 aliphatic heterocycles. The lowest BCUT2D eigenvalue weighted by Gasteiger charge is -2.41. The third-order valence-electron chi connectivity index (χ3n) is 13.1. The molecule has 1 saturated heterocycles. The fraction of sp³-hybridized carbons (Fsp3) is 0.460. The molecule has 5 heterocycles. The van der Waals surface area contributed by atoms with Crippen molar-refractivity contribution in [2.45, 2.75) is 110 Å². The van der Waals surface area contributed by atoms with Crippen molar-refractivity contribution in [1.82, 2.24) is 45.4 Å². The van der Waals surface area contributed by atoms with Crippen molar-refractivity contribution in [1.29, 1.82) is 5.26 Å². The number of nitriles is 1. The van der Waals surface area contributed by atoms with E-state index in [0.717, 1.165) is 71.0 Å². The van der Waals surface area contributed by atoms with E-state index in [0.29, 0.717) is 54.6 Å². The Hall–Kier alpha value is -6.91. The summed E-state index contributed by atoms with van der Waals surface area (Å²) >= 11 is 1.59. The summed E-state index contributed by atoms with van der Waals surface area (Å²) < 4.78 is 13.2. The fourth-order valence-corrected chi connectivity index (χ4v) is 10.4. The zero-order valence-electron chi connectivity index (χ0n) is 40.0.